The van der Waals surface area contributed by atoms with Gasteiger partial charge in [0.05, 0.1) is 0 Å². The van der Waals surface area contributed by atoms with Gasteiger partial charge in [-0.3, -0.25) is 19.1 Å². The quantitative estimate of drug-likeness (QED) is 0.670. The van der Waals surface area contributed by atoms with Gasteiger partial charge < -0.3 is 10.1 Å². The maximum absolute atomic E-state index is 11.7. The molecule has 0 bridgehead atoms. The van der Waals surface area contributed by atoms with Crippen molar-refractivity contribution in [2.75, 3.05) is 0 Å². The van der Waals surface area contributed by atoms with E-state index in [-0.39, 0.29) is 29.5 Å². The number of nitrogens with one attached hydrogen (secondary N) is 2. The molecule has 2 aromatic rings. The molecular weight excluding hydrogens is 240 g/mol. The highest BCUT2D eigenvalue weighted by atomic mass is 16.4. The summed E-state index contributed by atoms with van der Waals surface area (Å²) >= 11 is 0. The first-order valence-electron chi connectivity index (χ1n) is 5.51. The van der Waals surface area contributed by atoms with Gasteiger partial charge in [-0.2, -0.15) is 0 Å². The molecule has 2 heterocycles. The third-order valence-electron chi connectivity index (χ3n) is 2.86. The Labute approximate surface area is 99.3 Å². The second-order valence-corrected chi connectivity index (χ2v) is 4.31. The lowest BCUT2D eigenvalue weighted by molar-refractivity contribution is -0.136. The van der Waals surface area contributed by atoms with Gasteiger partial charge >= 0.3 is 11.7 Å². The van der Waals surface area contributed by atoms with Crippen LogP contribution in [0, 0.1) is 0 Å². The Kier molecular flexibility index (Phi) is 2.12. The summed E-state index contributed by atoms with van der Waals surface area (Å²) in [6, 6.07) is 0.0535. The van der Waals surface area contributed by atoms with Crippen LogP contribution in [0.4, 0.5) is 0 Å². The monoisotopic (exact) mass is 250 g/mol. The van der Waals surface area contributed by atoms with Crippen molar-refractivity contribution in [2.24, 2.45) is 0 Å². The third-order valence-corrected chi connectivity index (χ3v) is 2.86. The lowest BCUT2D eigenvalue weighted by atomic mass is 10.4. The van der Waals surface area contributed by atoms with Crippen molar-refractivity contribution in [3.05, 3.63) is 26.7 Å². The molecule has 0 amide bonds. The number of fused-ring (bicyclic) bond motifs is 1. The number of rotatable bonds is 3. The molecule has 0 spiro atoms. The van der Waals surface area contributed by atoms with Crippen molar-refractivity contribution in [3.8, 4) is 0 Å². The average Bonchev–Trinajstić information content (AvgIpc) is 2.99. The molecule has 94 valence electrons. The lowest BCUT2D eigenvalue weighted by Gasteiger charge is -2.01. The van der Waals surface area contributed by atoms with Gasteiger partial charge in [0.1, 0.15) is 17.8 Å². The van der Waals surface area contributed by atoms with Gasteiger partial charge in [0.2, 0.25) is 0 Å². The van der Waals surface area contributed by atoms with Crippen LogP contribution in [0.1, 0.15) is 24.7 Å². The fraction of sp³-hybridized carbons (Fsp3) is 0.400. The summed E-state index contributed by atoms with van der Waals surface area (Å²) in [6.45, 7) is 0. The number of carbonyl (C=O) groups is 1. The van der Waals surface area contributed by atoms with Crippen LogP contribution in [0.2, 0.25) is 0 Å². The van der Waals surface area contributed by atoms with Crippen molar-refractivity contribution in [2.45, 2.75) is 25.3 Å². The Morgan fingerprint density at radius 2 is 2.11 bits per heavy atom. The minimum atomic E-state index is -1.05. The van der Waals surface area contributed by atoms with Crippen molar-refractivity contribution in [3.63, 3.8) is 0 Å². The van der Waals surface area contributed by atoms with Crippen LogP contribution in [0.25, 0.3) is 11.2 Å². The molecule has 0 atom stereocenters. The van der Waals surface area contributed by atoms with Crippen LogP contribution in [-0.4, -0.2) is 30.6 Å². The SMILES string of the molecule is O=C(O)Cc1nc2c([nH]1)c(=O)[nH]c(=O)n2C1CC1. The normalized spacial score (nSPS) is 15.1. The van der Waals surface area contributed by atoms with E-state index in [1.54, 1.807) is 0 Å². The summed E-state index contributed by atoms with van der Waals surface area (Å²) in [5, 5.41) is 8.69. The number of hydrogen-bond acceptors (Lipinski definition) is 4. The Morgan fingerprint density at radius 3 is 2.72 bits per heavy atom. The zero-order valence-electron chi connectivity index (χ0n) is 9.27. The Balaban J connectivity index is 2.27. The summed E-state index contributed by atoms with van der Waals surface area (Å²) in [4.78, 5) is 42.8. The van der Waals surface area contributed by atoms with E-state index in [4.69, 9.17) is 5.11 Å². The molecule has 0 unspecified atom stereocenters. The second kappa shape index (κ2) is 3.56. The molecule has 1 aliphatic rings. The number of aliphatic carboxylic acids is 1. The van der Waals surface area contributed by atoms with Crippen LogP contribution in [-0.2, 0) is 11.2 Å². The smallest absolute Gasteiger partial charge is 0.330 e. The molecule has 1 aliphatic carbocycles. The Hall–Kier alpha value is -2.38. The highest BCUT2D eigenvalue weighted by Gasteiger charge is 2.28. The fourth-order valence-corrected chi connectivity index (χ4v) is 1.96. The number of nitrogens with zero attached hydrogens (tertiary/aromatic N) is 2. The lowest BCUT2D eigenvalue weighted by Crippen LogP contribution is -2.29. The first-order chi connectivity index (χ1) is 8.56. The standard InChI is InChI=1S/C10H10N4O4/c15-6(16)3-5-11-7-8(12-5)14(4-1-2-4)10(18)13-9(7)17/h4H,1-3H2,(H,11,12)(H,15,16)(H,13,17,18). The first-order valence-corrected chi connectivity index (χ1v) is 5.51. The molecule has 1 saturated carbocycles. The Bertz CT molecular complexity index is 749. The van der Waals surface area contributed by atoms with Gasteiger partial charge in [-0.1, -0.05) is 0 Å². The van der Waals surface area contributed by atoms with Crippen molar-refractivity contribution in [1.82, 2.24) is 19.5 Å². The van der Waals surface area contributed by atoms with Gasteiger partial charge in [-0.05, 0) is 12.8 Å². The van der Waals surface area contributed by atoms with E-state index in [0.29, 0.717) is 0 Å². The predicted octanol–water partition coefficient (Wildman–Crippen LogP) is -0.625. The van der Waals surface area contributed by atoms with E-state index in [2.05, 4.69) is 15.0 Å². The number of carboxylic acids is 1. The van der Waals surface area contributed by atoms with Crippen molar-refractivity contribution >= 4 is 17.1 Å². The third kappa shape index (κ3) is 1.62. The van der Waals surface area contributed by atoms with Crippen molar-refractivity contribution < 1.29 is 9.90 Å². The number of aromatic nitrogens is 4. The number of carboxylic acid groups (broad SMARTS) is 1. The maximum atomic E-state index is 11.7. The average molecular weight is 250 g/mol. The van der Waals surface area contributed by atoms with Gasteiger partial charge in [0.25, 0.3) is 5.56 Å². The van der Waals surface area contributed by atoms with E-state index in [9.17, 15) is 14.4 Å². The van der Waals surface area contributed by atoms with Crippen LogP contribution in [0.5, 0.6) is 0 Å². The summed E-state index contributed by atoms with van der Waals surface area (Å²) in [6.07, 6.45) is 1.41. The second-order valence-electron chi connectivity index (χ2n) is 4.31. The molecule has 3 N–H and O–H groups in total. The molecule has 1 fully saturated rings. The Morgan fingerprint density at radius 1 is 1.39 bits per heavy atom. The van der Waals surface area contributed by atoms with E-state index >= 15 is 0 Å². The number of hydrogen-bond donors (Lipinski definition) is 3. The molecule has 2 aromatic heterocycles. The fourth-order valence-electron chi connectivity index (χ4n) is 1.96. The molecule has 8 nitrogen and oxygen atoms in total. The molecular formula is C10H10N4O4. The van der Waals surface area contributed by atoms with Crippen LogP contribution in [0.3, 0.4) is 0 Å². The van der Waals surface area contributed by atoms with E-state index in [1.165, 1.54) is 4.57 Å². The van der Waals surface area contributed by atoms with E-state index in [0.717, 1.165) is 12.8 Å². The zero-order valence-corrected chi connectivity index (χ0v) is 9.27. The molecule has 0 aromatic carbocycles. The summed E-state index contributed by atoms with van der Waals surface area (Å²) < 4.78 is 1.42. The summed E-state index contributed by atoms with van der Waals surface area (Å²) in [5.41, 5.74) is -0.681. The highest BCUT2D eigenvalue weighted by molar-refractivity contribution is 5.73. The minimum absolute atomic E-state index is 0.0535. The molecule has 3 rings (SSSR count). The molecule has 8 heteroatoms. The van der Waals surface area contributed by atoms with Crippen LogP contribution >= 0.6 is 0 Å². The zero-order chi connectivity index (χ0) is 12.9. The van der Waals surface area contributed by atoms with Gasteiger partial charge in [-0.25, -0.2) is 9.78 Å². The summed E-state index contributed by atoms with van der Waals surface area (Å²) in [7, 11) is 0. The minimum Gasteiger partial charge on any atom is -0.481 e. The number of H-pyrrole nitrogens is 2. The van der Waals surface area contributed by atoms with Gasteiger partial charge in [0.15, 0.2) is 5.65 Å². The van der Waals surface area contributed by atoms with E-state index < -0.39 is 17.2 Å². The van der Waals surface area contributed by atoms with Gasteiger partial charge in [-0.15, -0.1) is 0 Å². The highest BCUT2D eigenvalue weighted by Crippen LogP contribution is 2.34. The molecule has 0 saturated heterocycles. The largest absolute Gasteiger partial charge is 0.481 e. The van der Waals surface area contributed by atoms with Gasteiger partial charge in [0, 0.05) is 6.04 Å². The topological polar surface area (TPSA) is 121 Å². The molecule has 0 aliphatic heterocycles. The molecule has 18 heavy (non-hydrogen) atoms. The maximum Gasteiger partial charge on any atom is 0.330 e. The van der Waals surface area contributed by atoms with Crippen molar-refractivity contribution in [1.29, 1.82) is 0 Å². The summed E-state index contributed by atoms with van der Waals surface area (Å²) in [5.74, 6) is -0.881. The van der Waals surface area contributed by atoms with E-state index in [1.807, 2.05) is 0 Å². The number of imidazole rings is 1. The van der Waals surface area contributed by atoms with Crippen LogP contribution < -0.4 is 11.2 Å². The van der Waals surface area contributed by atoms with Crippen LogP contribution in [0.15, 0.2) is 9.59 Å². The first kappa shape index (κ1) is 10.8. The molecule has 0 radical (unpaired) electrons. The number of aromatic amines is 2. The predicted molar refractivity (Wildman–Crippen MR) is 60.6 cm³/mol.